The third-order valence-electron chi connectivity index (χ3n) is 7.00. The number of nitrogens with zero attached hydrogens (tertiary/aromatic N) is 4. The first kappa shape index (κ1) is 28.3. The van der Waals surface area contributed by atoms with Crippen LogP contribution in [0.25, 0.3) is 0 Å². The van der Waals surface area contributed by atoms with Crippen LogP contribution in [0.1, 0.15) is 95.9 Å². The van der Waals surface area contributed by atoms with Gasteiger partial charge in [-0.05, 0) is 95.9 Å². The van der Waals surface area contributed by atoms with Gasteiger partial charge in [0.2, 0.25) is 0 Å². The minimum Gasteiger partial charge on any atom is -0.314 e. The summed E-state index contributed by atoms with van der Waals surface area (Å²) in [6, 6.07) is -0.102. The predicted octanol–water partition coefficient (Wildman–Crippen LogP) is 6.28. The Morgan fingerprint density at radius 2 is 0.794 bits per heavy atom. The Balaban J connectivity index is 2.49. The van der Waals surface area contributed by atoms with Crippen molar-refractivity contribution >= 4 is 12.1 Å². The molecule has 194 valence electrons. The van der Waals surface area contributed by atoms with E-state index < -0.39 is 0 Å². The Hall–Kier alpha value is -1.98. The lowest BCUT2D eigenvalue weighted by Crippen LogP contribution is -2.51. The van der Waals surface area contributed by atoms with Crippen molar-refractivity contribution in [3.8, 4) is 0 Å². The summed E-state index contributed by atoms with van der Waals surface area (Å²) in [4.78, 5) is 35.4. The minimum absolute atomic E-state index is 0.0182. The van der Waals surface area contributed by atoms with Gasteiger partial charge in [-0.25, -0.2) is 9.59 Å². The van der Waals surface area contributed by atoms with Crippen molar-refractivity contribution in [3.05, 3.63) is 25.3 Å². The Bertz CT molecular complexity index is 738. The van der Waals surface area contributed by atoms with Gasteiger partial charge in [0.05, 0.1) is 24.2 Å². The van der Waals surface area contributed by atoms with Gasteiger partial charge in [0.25, 0.3) is 0 Å². The SMILES string of the molecule is C=C[C@@H]1[C@@H](CC[C@@H]2[C@@H](C=C)N(C(C)(C)C)C(=O)N2C(C)(C)C)N(C(C)(C)C)C(=O)N1C(C)(C)C. The molecular weight excluding hydrogens is 424 g/mol. The van der Waals surface area contributed by atoms with Crippen LogP contribution in [-0.4, -0.2) is 78.0 Å². The van der Waals surface area contributed by atoms with Crippen molar-refractivity contribution in [1.82, 2.24) is 19.6 Å². The lowest BCUT2D eigenvalue weighted by molar-refractivity contribution is 0.108. The molecule has 34 heavy (non-hydrogen) atoms. The fourth-order valence-electron chi connectivity index (χ4n) is 5.92. The van der Waals surface area contributed by atoms with Crippen molar-refractivity contribution in [2.75, 3.05) is 0 Å². The molecule has 0 aromatic carbocycles. The van der Waals surface area contributed by atoms with E-state index in [-0.39, 0.29) is 58.4 Å². The third kappa shape index (κ3) is 5.01. The molecule has 2 aliphatic rings. The highest BCUT2D eigenvalue weighted by atomic mass is 16.2. The van der Waals surface area contributed by atoms with Crippen molar-refractivity contribution in [2.24, 2.45) is 0 Å². The van der Waals surface area contributed by atoms with E-state index in [1.54, 1.807) is 0 Å². The maximum atomic E-state index is 13.7. The maximum Gasteiger partial charge on any atom is 0.321 e. The van der Waals surface area contributed by atoms with Crippen molar-refractivity contribution in [2.45, 2.75) is 142 Å². The highest BCUT2D eigenvalue weighted by Gasteiger charge is 2.54. The van der Waals surface area contributed by atoms with E-state index in [2.05, 4.69) is 96.2 Å². The molecule has 0 saturated carbocycles. The number of rotatable bonds is 5. The van der Waals surface area contributed by atoms with E-state index in [4.69, 9.17) is 0 Å². The van der Waals surface area contributed by atoms with Gasteiger partial charge in [-0.3, -0.25) is 0 Å². The quantitative estimate of drug-likeness (QED) is 0.440. The number of carbonyl (C=O) groups excluding carboxylic acids is 2. The van der Waals surface area contributed by atoms with Crippen LogP contribution in [0.2, 0.25) is 0 Å². The van der Waals surface area contributed by atoms with Gasteiger partial charge in [0.1, 0.15) is 0 Å². The Morgan fingerprint density at radius 1 is 0.559 bits per heavy atom. The minimum atomic E-state index is -0.326. The molecule has 6 heteroatoms. The smallest absolute Gasteiger partial charge is 0.314 e. The first-order chi connectivity index (χ1) is 15.2. The van der Waals surface area contributed by atoms with E-state index in [0.717, 1.165) is 12.8 Å². The van der Waals surface area contributed by atoms with Gasteiger partial charge in [-0.1, -0.05) is 12.2 Å². The summed E-state index contributed by atoms with van der Waals surface area (Å²) in [5.41, 5.74) is -1.29. The zero-order valence-corrected chi connectivity index (χ0v) is 23.9. The molecule has 2 heterocycles. The van der Waals surface area contributed by atoms with E-state index in [9.17, 15) is 9.59 Å². The van der Waals surface area contributed by atoms with Crippen molar-refractivity contribution < 1.29 is 9.59 Å². The second kappa shape index (κ2) is 8.91. The van der Waals surface area contributed by atoms with Crippen LogP contribution in [0.5, 0.6) is 0 Å². The van der Waals surface area contributed by atoms with Crippen LogP contribution in [0, 0.1) is 0 Å². The van der Waals surface area contributed by atoms with E-state index in [1.165, 1.54) is 0 Å². The summed E-state index contributed by atoms with van der Waals surface area (Å²) in [6.07, 6.45) is 5.40. The molecule has 4 amide bonds. The molecule has 2 saturated heterocycles. The molecule has 0 unspecified atom stereocenters. The third-order valence-corrected chi connectivity index (χ3v) is 7.00. The Kier molecular flexibility index (Phi) is 7.40. The van der Waals surface area contributed by atoms with Gasteiger partial charge in [0, 0.05) is 22.2 Å². The summed E-state index contributed by atoms with van der Waals surface area (Å²) >= 11 is 0. The molecule has 0 aliphatic carbocycles. The lowest BCUT2D eigenvalue weighted by atomic mass is 9.90. The van der Waals surface area contributed by atoms with Crippen LogP contribution in [-0.2, 0) is 0 Å². The molecule has 0 aromatic heterocycles. The average molecular weight is 475 g/mol. The van der Waals surface area contributed by atoms with Crippen molar-refractivity contribution in [3.63, 3.8) is 0 Å². The number of hydrogen-bond donors (Lipinski definition) is 0. The van der Waals surface area contributed by atoms with Gasteiger partial charge < -0.3 is 19.6 Å². The maximum absolute atomic E-state index is 13.7. The highest BCUT2D eigenvalue weighted by molar-refractivity contribution is 5.81. The van der Waals surface area contributed by atoms with Crippen molar-refractivity contribution in [1.29, 1.82) is 0 Å². The Morgan fingerprint density at radius 3 is 0.971 bits per heavy atom. The molecule has 0 radical (unpaired) electrons. The van der Waals surface area contributed by atoms with Gasteiger partial charge in [0.15, 0.2) is 0 Å². The average Bonchev–Trinajstić information content (AvgIpc) is 3.08. The molecule has 2 rings (SSSR count). The summed E-state index contributed by atoms with van der Waals surface area (Å²) in [6.45, 7) is 33.3. The molecule has 2 fully saturated rings. The highest BCUT2D eigenvalue weighted by Crippen LogP contribution is 2.41. The summed E-state index contributed by atoms with van der Waals surface area (Å²) in [5, 5.41) is 0. The van der Waals surface area contributed by atoms with E-state index in [0.29, 0.717) is 0 Å². The topological polar surface area (TPSA) is 47.1 Å². The van der Waals surface area contributed by atoms with Crippen LogP contribution < -0.4 is 0 Å². The summed E-state index contributed by atoms with van der Waals surface area (Å²) in [5.74, 6) is 0. The van der Waals surface area contributed by atoms with E-state index >= 15 is 0 Å². The lowest BCUT2D eigenvalue weighted by Gasteiger charge is -2.40. The zero-order chi connectivity index (χ0) is 26.6. The van der Waals surface area contributed by atoms with Crippen LogP contribution in [0.4, 0.5) is 9.59 Å². The first-order valence-corrected chi connectivity index (χ1v) is 12.7. The van der Waals surface area contributed by atoms with Crippen LogP contribution >= 0.6 is 0 Å². The van der Waals surface area contributed by atoms with Gasteiger partial charge in [-0.15, -0.1) is 13.2 Å². The number of amides is 4. The molecule has 0 aromatic rings. The molecule has 6 nitrogen and oxygen atoms in total. The molecule has 0 N–H and O–H groups in total. The standard InChI is InChI=1S/C28H50N4O2/c1-15-19-21(31(27(9,10)11)23(33)29(19)25(3,4)5)17-18-22-20(16-2)30(26(6,7)8)24(34)32(22)28(12,13)14/h15-16,19-22H,1-2,17-18H2,3-14H3/t19-,20-,21-,22-/m1/s1. The van der Waals surface area contributed by atoms with Gasteiger partial charge in [-0.2, -0.15) is 0 Å². The summed E-state index contributed by atoms with van der Waals surface area (Å²) < 4.78 is 0. The number of carbonyl (C=O) groups is 2. The zero-order valence-electron chi connectivity index (χ0n) is 23.9. The van der Waals surface area contributed by atoms with Crippen LogP contribution in [0.15, 0.2) is 25.3 Å². The molecular formula is C28H50N4O2. The predicted molar refractivity (Wildman–Crippen MR) is 142 cm³/mol. The van der Waals surface area contributed by atoms with Gasteiger partial charge >= 0.3 is 12.1 Å². The number of hydrogen-bond acceptors (Lipinski definition) is 2. The first-order valence-electron chi connectivity index (χ1n) is 12.7. The largest absolute Gasteiger partial charge is 0.321 e. The molecule has 0 bridgehead atoms. The van der Waals surface area contributed by atoms with Crippen LogP contribution in [0.3, 0.4) is 0 Å². The molecule has 4 atom stereocenters. The normalized spacial score (nSPS) is 27.2. The Labute approximate surface area is 209 Å². The summed E-state index contributed by atoms with van der Waals surface area (Å²) in [7, 11) is 0. The van der Waals surface area contributed by atoms with E-state index in [1.807, 2.05) is 31.8 Å². The fraction of sp³-hybridized carbons (Fsp3) is 0.786. The second-order valence-corrected chi connectivity index (χ2v) is 13.9. The monoisotopic (exact) mass is 474 g/mol. The molecule has 2 aliphatic heterocycles. The molecule has 0 spiro atoms. The number of urea groups is 2. The fourth-order valence-corrected chi connectivity index (χ4v) is 5.92. The second-order valence-electron chi connectivity index (χ2n) is 13.9.